The Kier molecular flexibility index (Phi) is 4.74. The highest BCUT2D eigenvalue weighted by Crippen LogP contribution is 2.37. The maximum Gasteiger partial charge on any atom is 0.208 e. The van der Waals surface area contributed by atoms with E-state index in [0.29, 0.717) is 10.8 Å². The standard InChI is InChI=1S/C15H12BrFO3/c1-19-14-11(8-18)7-12(16)15(13(14)17)20-9-10-5-3-2-4-6-10/h2-8H,9H2,1H3. The molecule has 104 valence electrons. The summed E-state index contributed by atoms with van der Waals surface area (Å²) in [5.74, 6) is -0.789. The van der Waals surface area contributed by atoms with Gasteiger partial charge in [0.1, 0.15) is 6.61 Å². The highest BCUT2D eigenvalue weighted by molar-refractivity contribution is 9.10. The Hall–Kier alpha value is -1.88. The Labute approximate surface area is 124 Å². The van der Waals surface area contributed by atoms with Crippen LogP contribution in [0.4, 0.5) is 4.39 Å². The summed E-state index contributed by atoms with van der Waals surface area (Å²) >= 11 is 3.20. The van der Waals surface area contributed by atoms with E-state index >= 15 is 0 Å². The minimum Gasteiger partial charge on any atom is -0.493 e. The predicted molar refractivity (Wildman–Crippen MR) is 76.8 cm³/mol. The summed E-state index contributed by atoms with van der Waals surface area (Å²) in [6.07, 6.45) is 0.535. The molecule has 0 atom stereocenters. The summed E-state index contributed by atoms with van der Waals surface area (Å²) in [7, 11) is 1.31. The van der Waals surface area contributed by atoms with Crippen molar-refractivity contribution in [1.82, 2.24) is 0 Å². The van der Waals surface area contributed by atoms with Gasteiger partial charge in [0.2, 0.25) is 5.82 Å². The van der Waals surface area contributed by atoms with Gasteiger partial charge in [-0.05, 0) is 27.6 Å². The van der Waals surface area contributed by atoms with Crippen molar-refractivity contribution in [3.8, 4) is 11.5 Å². The first-order valence-corrected chi connectivity index (χ1v) is 6.64. The SMILES string of the molecule is COc1c(C=O)cc(Br)c(OCc2ccccc2)c1F. The highest BCUT2D eigenvalue weighted by atomic mass is 79.9. The Balaban J connectivity index is 2.30. The summed E-state index contributed by atoms with van der Waals surface area (Å²) in [6, 6.07) is 10.9. The van der Waals surface area contributed by atoms with Crippen LogP contribution in [-0.2, 0) is 6.61 Å². The molecule has 0 fully saturated rings. The number of carbonyl (C=O) groups excluding carboxylic acids is 1. The minimum atomic E-state index is -0.695. The molecule has 2 rings (SSSR count). The number of methoxy groups -OCH3 is 1. The van der Waals surface area contributed by atoms with E-state index in [1.165, 1.54) is 13.2 Å². The lowest BCUT2D eigenvalue weighted by molar-refractivity contribution is 0.111. The Morgan fingerprint density at radius 2 is 1.95 bits per heavy atom. The quantitative estimate of drug-likeness (QED) is 0.773. The maximum atomic E-state index is 14.2. The van der Waals surface area contributed by atoms with Crippen LogP contribution < -0.4 is 9.47 Å². The van der Waals surface area contributed by atoms with Crippen LogP contribution in [0.2, 0.25) is 0 Å². The van der Waals surface area contributed by atoms with Crippen LogP contribution in [0.3, 0.4) is 0 Å². The van der Waals surface area contributed by atoms with E-state index in [-0.39, 0.29) is 23.7 Å². The Morgan fingerprint density at radius 1 is 1.25 bits per heavy atom. The van der Waals surface area contributed by atoms with Gasteiger partial charge in [0.05, 0.1) is 17.1 Å². The molecule has 0 bridgehead atoms. The van der Waals surface area contributed by atoms with Crippen LogP contribution in [0.25, 0.3) is 0 Å². The van der Waals surface area contributed by atoms with E-state index in [2.05, 4.69) is 15.9 Å². The molecule has 0 radical (unpaired) electrons. The molecular formula is C15H12BrFO3. The number of hydrogen-bond donors (Lipinski definition) is 0. The van der Waals surface area contributed by atoms with Gasteiger partial charge in [-0.25, -0.2) is 0 Å². The Morgan fingerprint density at radius 3 is 2.55 bits per heavy atom. The van der Waals surface area contributed by atoms with Gasteiger partial charge in [-0.15, -0.1) is 0 Å². The molecule has 0 saturated carbocycles. The second-order valence-corrected chi connectivity index (χ2v) is 4.87. The van der Waals surface area contributed by atoms with Gasteiger partial charge in [-0.2, -0.15) is 4.39 Å². The van der Waals surface area contributed by atoms with E-state index < -0.39 is 5.82 Å². The molecule has 0 aliphatic heterocycles. The van der Waals surface area contributed by atoms with Crippen LogP contribution in [-0.4, -0.2) is 13.4 Å². The van der Waals surface area contributed by atoms with Gasteiger partial charge >= 0.3 is 0 Å². The average molecular weight is 339 g/mol. The lowest BCUT2D eigenvalue weighted by Crippen LogP contribution is -2.02. The molecule has 3 nitrogen and oxygen atoms in total. The van der Waals surface area contributed by atoms with Crippen molar-refractivity contribution < 1.29 is 18.7 Å². The number of ether oxygens (including phenoxy) is 2. The number of aldehydes is 1. The fraction of sp³-hybridized carbons (Fsp3) is 0.133. The monoisotopic (exact) mass is 338 g/mol. The molecule has 0 amide bonds. The number of carbonyl (C=O) groups is 1. The van der Waals surface area contributed by atoms with Crippen LogP contribution >= 0.6 is 15.9 Å². The van der Waals surface area contributed by atoms with Crippen molar-refractivity contribution in [3.05, 3.63) is 57.8 Å². The lowest BCUT2D eigenvalue weighted by Gasteiger charge is -2.13. The van der Waals surface area contributed by atoms with Crippen molar-refractivity contribution in [3.63, 3.8) is 0 Å². The van der Waals surface area contributed by atoms with E-state index in [1.54, 1.807) is 0 Å². The highest BCUT2D eigenvalue weighted by Gasteiger charge is 2.19. The van der Waals surface area contributed by atoms with Gasteiger partial charge in [-0.1, -0.05) is 30.3 Å². The first-order chi connectivity index (χ1) is 9.67. The van der Waals surface area contributed by atoms with E-state index in [1.807, 2.05) is 30.3 Å². The van der Waals surface area contributed by atoms with Crippen molar-refractivity contribution in [2.75, 3.05) is 7.11 Å². The third-order valence-corrected chi connectivity index (χ3v) is 3.31. The van der Waals surface area contributed by atoms with Crippen LogP contribution in [0.15, 0.2) is 40.9 Å². The first kappa shape index (κ1) is 14.5. The molecule has 0 N–H and O–H groups in total. The minimum absolute atomic E-state index is 0.0244. The van der Waals surface area contributed by atoms with Gasteiger partial charge < -0.3 is 9.47 Å². The molecule has 2 aromatic rings. The van der Waals surface area contributed by atoms with Crippen molar-refractivity contribution in [2.45, 2.75) is 6.61 Å². The van der Waals surface area contributed by atoms with Crippen molar-refractivity contribution in [2.24, 2.45) is 0 Å². The smallest absolute Gasteiger partial charge is 0.208 e. The molecular weight excluding hydrogens is 327 g/mol. The van der Waals surface area contributed by atoms with E-state index in [9.17, 15) is 9.18 Å². The van der Waals surface area contributed by atoms with Crippen LogP contribution in [0.5, 0.6) is 11.5 Å². The Bertz CT molecular complexity index is 614. The molecule has 0 aromatic heterocycles. The zero-order valence-electron chi connectivity index (χ0n) is 10.7. The summed E-state index contributed by atoms with van der Waals surface area (Å²) in [6.45, 7) is 0.222. The molecule has 20 heavy (non-hydrogen) atoms. The maximum absolute atomic E-state index is 14.2. The molecule has 0 aliphatic carbocycles. The number of hydrogen-bond acceptors (Lipinski definition) is 3. The zero-order valence-corrected chi connectivity index (χ0v) is 12.3. The first-order valence-electron chi connectivity index (χ1n) is 5.85. The van der Waals surface area contributed by atoms with Gasteiger partial charge in [0.25, 0.3) is 0 Å². The number of rotatable bonds is 5. The average Bonchev–Trinajstić information content (AvgIpc) is 2.47. The molecule has 2 aromatic carbocycles. The second-order valence-electron chi connectivity index (χ2n) is 4.02. The number of halogens is 2. The summed E-state index contributed by atoms with van der Waals surface area (Å²) < 4.78 is 25.0. The summed E-state index contributed by atoms with van der Waals surface area (Å²) in [4.78, 5) is 10.9. The summed E-state index contributed by atoms with van der Waals surface area (Å²) in [5, 5.41) is 0. The molecule has 0 unspecified atom stereocenters. The second kappa shape index (κ2) is 6.52. The fourth-order valence-corrected chi connectivity index (χ4v) is 2.29. The fourth-order valence-electron chi connectivity index (χ4n) is 1.76. The van der Waals surface area contributed by atoms with Gasteiger partial charge in [0.15, 0.2) is 17.8 Å². The lowest BCUT2D eigenvalue weighted by atomic mass is 10.2. The van der Waals surface area contributed by atoms with E-state index in [0.717, 1.165) is 5.56 Å². The predicted octanol–water partition coefficient (Wildman–Crippen LogP) is 3.99. The third-order valence-electron chi connectivity index (χ3n) is 2.72. The number of benzene rings is 2. The summed E-state index contributed by atoms with van der Waals surface area (Å²) in [5.41, 5.74) is 1.04. The van der Waals surface area contributed by atoms with Crippen molar-refractivity contribution in [1.29, 1.82) is 0 Å². The normalized spacial score (nSPS) is 10.2. The molecule has 5 heteroatoms. The molecule has 0 aliphatic rings. The van der Waals surface area contributed by atoms with Crippen LogP contribution in [0, 0.1) is 5.82 Å². The van der Waals surface area contributed by atoms with Gasteiger partial charge in [0, 0.05) is 0 Å². The molecule has 0 heterocycles. The molecule has 0 spiro atoms. The van der Waals surface area contributed by atoms with Gasteiger partial charge in [-0.3, -0.25) is 4.79 Å². The van der Waals surface area contributed by atoms with Crippen molar-refractivity contribution >= 4 is 22.2 Å². The van der Waals surface area contributed by atoms with E-state index in [4.69, 9.17) is 9.47 Å². The van der Waals surface area contributed by atoms with Crippen LogP contribution in [0.1, 0.15) is 15.9 Å². The topological polar surface area (TPSA) is 35.5 Å². The zero-order chi connectivity index (χ0) is 14.5. The molecule has 0 saturated heterocycles. The third kappa shape index (κ3) is 2.99. The largest absolute Gasteiger partial charge is 0.493 e.